The number of primary amides is 1. The largest absolute Gasteiger partial charge is 0.447 e. The molecular formula is C33H56N6O7. The third-order valence-electron chi connectivity index (χ3n) is 9.72. The van der Waals surface area contributed by atoms with Gasteiger partial charge in [-0.15, -0.1) is 0 Å². The summed E-state index contributed by atoms with van der Waals surface area (Å²) in [6, 6.07) is -3.86. The fourth-order valence-corrected chi connectivity index (χ4v) is 6.68. The molecule has 6 amide bonds. The van der Waals surface area contributed by atoms with Crippen LogP contribution in [0.4, 0.5) is 9.59 Å². The van der Waals surface area contributed by atoms with Crippen molar-refractivity contribution in [3.8, 4) is 0 Å². The Labute approximate surface area is 273 Å². The van der Waals surface area contributed by atoms with Gasteiger partial charge in [0.25, 0.3) is 5.91 Å². The Morgan fingerprint density at radius 1 is 0.913 bits per heavy atom. The minimum absolute atomic E-state index is 0.0543. The van der Waals surface area contributed by atoms with Gasteiger partial charge in [0.05, 0.1) is 12.1 Å². The molecule has 2 saturated carbocycles. The summed E-state index contributed by atoms with van der Waals surface area (Å²) in [5.74, 6) is -2.73. The number of ether oxygens (including phenoxy) is 1. The molecule has 3 aliphatic rings. The van der Waals surface area contributed by atoms with E-state index >= 15 is 0 Å². The minimum atomic E-state index is -1.09. The van der Waals surface area contributed by atoms with Crippen molar-refractivity contribution < 1.29 is 33.5 Å². The van der Waals surface area contributed by atoms with Crippen molar-refractivity contribution in [2.24, 2.45) is 34.8 Å². The number of Topliss-reactive ketones (excluding diaryl/α,β-unsaturated/α-hetero) is 1. The van der Waals surface area contributed by atoms with Gasteiger partial charge in [0, 0.05) is 13.1 Å². The highest BCUT2D eigenvalue weighted by Gasteiger charge is 2.47. The van der Waals surface area contributed by atoms with E-state index in [4.69, 9.17) is 10.5 Å². The molecule has 3 fully saturated rings. The van der Waals surface area contributed by atoms with Crippen molar-refractivity contribution in [2.75, 3.05) is 19.7 Å². The maximum atomic E-state index is 14.4. The lowest BCUT2D eigenvalue weighted by Gasteiger charge is -2.37. The van der Waals surface area contributed by atoms with Crippen molar-refractivity contribution in [1.29, 1.82) is 0 Å². The maximum absolute atomic E-state index is 14.4. The summed E-state index contributed by atoms with van der Waals surface area (Å²) in [4.78, 5) is 79.8. The van der Waals surface area contributed by atoms with Crippen LogP contribution < -0.4 is 27.0 Å². The molecule has 0 spiro atoms. The van der Waals surface area contributed by atoms with Crippen molar-refractivity contribution in [3.05, 3.63) is 0 Å². The molecule has 0 bridgehead atoms. The summed E-state index contributed by atoms with van der Waals surface area (Å²) >= 11 is 0. The van der Waals surface area contributed by atoms with Gasteiger partial charge in [0.1, 0.15) is 18.7 Å². The predicted octanol–water partition coefficient (Wildman–Crippen LogP) is 2.61. The Bertz CT molecular complexity index is 1110. The van der Waals surface area contributed by atoms with Gasteiger partial charge in [-0.2, -0.15) is 0 Å². The highest BCUT2D eigenvalue weighted by Crippen LogP contribution is 2.36. The second-order valence-electron chi connectivity index (χ2n) is 14.7. The molecule has 13 heteroatoms. The summed E-state index contributed by atoms with van der Waals surface area (Å²) in [5, 5.41) is 11.2. The number of ketones is 1. The van der Waals surface area contributed by atoms with Crippen LogP contribution in [0.15, 0.2) is 0 Å². The predicted molar refractivity (Wildman–Crippen MR) is 172 cm³/mol. The van der Waals surface area contributed by atoms with E-state index in [1.54, 1.807) is 11.8 Å². The lowest BCUT2D eigenvalue weighted by atomic mass is 9.82. The number of hydrogen-bond acceptors (Lipinski definition) is 7. The monoisotopic (exact) mass is 648 g/mol. The van der Waals surface area contributed by atoms with Crippen LogP contribution in [0.25, 0.3) is 0 Å². The van der Waals surface area contributed by atoms with Gasteiger partial charge < -0.3 is 36.6 Å². The number of amides is 6. The molecule has 3 rings (SSSR count). The number of carbonyl (C=O) groups is 6. The molecule has 2 aliphatic carbocycles. The van der Waals surface area contributed by atoms with Gasteiger partial charge >= 0.3 is 12.1 Å². The zero-order chi connectivity index (χ0) is 34.2. The van der Waals surface area contributed by atoms with E-state index < -0.39 is 59.3 Å². The quantitative estimate of drug-likeness (QED) is 0.179. The normalized spacial score (nSPS) is 22.4. The van der Waals surface area contributed by atoms with Crippen LogP contribution in [0.3, 0.4) is 0 Å². The van der Waals surface area contributed by atoms with Crippen LogP contribution in [0.5, 0.6) is 0 Å². The molecule has 0 aromatic carbocycles. The molecule has 46 heavy (non-hydrogen) atoms. The third kappa shape index (κ3) is 10.3. The zero-order valence-electron chi connectivity index (χ0n) is 28.5. The Balaban J connectivity index is 1.83. The lowest BCUT2D eigenvalue weighted by molar-refractivity contribution is -0.144. The first-order chi connectivity index (χ1) is 21.6. The highest BCUT2D eigenvalue weighted by atomic mass is 16.5. The summed E-state index contributed by atoms with van der Waals surface area (Å²) in [5.41, 5.74) is 4.85. The fourth-order valence-electron chi connectivity index (χ4n) is 6.68. The second kappa shape index (κ2) is 16.4. The minimum Gasteiger partial charge on any atom is -0.447 e. The van der Waals surface area contributed by atoms with Crippen molar-refractivity contribution in [2.45, 2.75) is 123 Å². The topological polar surface area (TPSA) is 189 Å². The molecule has 1 saturated heterocycles. The van der Waals surface area contributed by atoms with E-state index in [9.17, 15) is 28.8 Å². The van der Waals surface area contributed by atoms with Crippen molar-refractivity contribution >= 4 is 35.6 Å². The van der Waals surface area contributed by atoms with Crippen LogP contribution in [0.2, 0.25) is 0 Å². The smallest absolute Gasteiger partial charge is 0.407 e. The van der Waals surface area contributed by atoms with Gasteiger partial charge in [-0.1, -0.05) is 66.7 Å². The number of nitrogens with two attached hydrogens (primary N) is 1. The number of likely N-dealkylation sites (tertiary alicyclic amines) is 1. The van der Waals surface area contributed by atoms with Crippen LogP contribution in [-0.2, 0) is 23.9 Å². The van der Waals surface area contributed by atoms with Crippen molar-refractivity contribution in [1.82, 2.24) is 26.2 Å². The number of carbonyl (C=O) groups excluding carboxylic acids is 6. The summed E-state index contributed by atoms with van der Waals surface area (Å²) in [6.07, 6.45) is 6.62. The van der Waals surface area contributed by atoms with Crippen LogP contribution >= 0.6 is 0 Å². The molecular weight excluding hydrogens is 592 g/mol. The first-order valence-corrected chi connectivity index (χ1v) is 17.1. The molecule has 0 aromatic heterocycles. The number of alkyl carbamates (subject to hydrolysis) is 1. The average molecular weight is 649 g/mol. The zero-order valence-corrected chi connectivity index (χ0v) is 28.5. The van der Waals surface area contributed by atoms with Crippen LogP contribution in [0.1, 0.15) is 99.3 Å². The van der Waals surface area contributed by atoms with Gasteiger partial charge in [0.15, 0.2) is 0 Å². The van der Waals surface area contributed by atoms with Gasteiger partial charge in [0.2, 0.25) is 17.6 Å². The average Bonchev–Trinajstić information content (AvgIpc) is 3.69. The molecule has 0 radical (unpaired) electrons. The first kappa shape index (κ1) is 37.1. The lowest BCUT2D eigenvalue weighted by Crippen LogP contribution is -2.61. The van der Waals surface area contributed by atoms with E-state index in [1.165, 1.54) is 0 Å². The molecule has 2 unspecified atom stereocenters. The van der Waals surface area contributed by atoms with Crippen molar-refractivity contribution in [3.63, 3.8) is 0 Å². The van der Waals surface area contributed by atoms with E-state index in [0.29, 0.717) is 25.9 Å². The van der Waals surface area contributed by atoms with E-state index in [1.807, 2.05) is 34.6 Å². The Hall–Kier alpha value is -3.38. The van der Waals surface area contributed by atoms with Gasteiger partial charge in [-0.05, 0) is 61.7 Å². The number of nitrogens with zero attached hydrogens (tertiary/aromatic N) is 1. The van der Waals surface area contributed by atoms with E-state index in [0.717, 1.165) is 44.9 Å². The van der Waals surface area contributed by atoms with Gasteiger partial charge in [-0.3, -0.25) is 19.2 Å². The molecule has 6 N–H and O–H groups in total. The summed E-state index contributed by atoms with van der Waals surface area (Å²) < 4.78 is 5.32. The standard InChI is InChI=1S/C33H56N6O7/c1-7-35-32(45)46-18-24(33(4,5)6)37-31(44)38-25(21-11-9-8-10-12-21)30(43)39-16-15-22(19(2)3)26(39)29(42)36-23(17-20-13-14-20)27(40)28(34)41/h19-26H,7-18H2,1-6H3,(H2,34,41)(H,35,45)(H,36,42)(H2,37,38,44)/t22?,23?,24-,25+,26+/m1/s1. The summed E-state index contributed by atoms with van der Waals surface area (Å²) in [6.45, 7) is 12.2. The van der Waals surface area contributed by atoms with Crippen LogP contribution in [0, 0.1) is 29.1 Å². The number of nitrogens with one attached hydrogen (secondary N) is 4. The highest BCUT2D eigenvalue weighted by molar-refractivity contribution is 6.37. The molecule has 1 heterocycles. The summed E-state index contributed by atoms with van der Waals surface area (Å²) in [7, 11) is 0. The SMILES string of the molecule is CCNC(=O)OC[C@@H](NC(=O)N[C@H](C(=O)N1CCC(C(C)C)[C@H]1C(=O)NC(CC1CC1)C(=O)C(N)=O)C1CCCCC1)C(C)(C)C. The van der Waals surface area contributed by atoms with E-state index in [2.05, 4.69) is 21.3 Å². The molecule has 1 aliphatic heterocycles. The Morgan fingerprint density at radius 3 is 2.11 bits per heavy atom. The Kier molecular flexibility index (Phi) is 13.3. The first-order valence-electron chi connectivity index (χ1n) is 17.1. The number of hydrogen-bond donors (Lipinski definition) is 5. The number of urea groups is 1. The third-order valence-corrected chi connectivity index (χ3v) is 9.72. The second-order valence-corrected chi connectivity index (χ2v) is 14.7. The number of rotatable bonds is 14. The fraction of sp³-hybridized carbons (Fsp3) is 0.818. The molecule has 260 valence electrons. The molecule has 5 atom stereocenters. The Morgan fingerprint density at radius 2 is 1.57 bits per heavy atom. The van der Waals surface area contributed by atoms with E-state index in [-0.39, 0.29) is 36.2 Å². The molecule has 0 aromatic rings. The maximum Gasteiger partial charge on any atom is 0.407 e. The molecule has 13 nitrogen and oxygen atoms in total. The van der Waals surface area contributed by atoms with Gasteiger partial charge in [-0.25, -0.2) is 9.59 Å². The van der Waals surface area contributed by atoms with Crippen LogP contribution in [-0.4, -0.2) is 84.4 Å².